The van der Waals surface area contributed by atoms with E-state index in [9.17, 15) is 5.11 Å². The van der Waals surface area contributed by atoms with Gasteiger partial charge in [-0.1, -0.05) is 13.8 Å². The third-order valence-corrected chi connectivity index (χ3v) is 4.42. The molecule has 0 amide bonds. The van der Waals surface area contributed by atoms with Gasteiger partial charge in [0.15, 0.2) is 11.5 Å². The highest BCUT2D eigenvalue weighted by Crippen LogP contribution is 2.40. The van der Waals surface area contributed by atoms with Gasteiger partial charge in [-0.3, -0.25) is 0 Å². The van der Waals surface area contributed by atoms with E-state index in [2.05, 4.69) is 39.1 Å². The van der Waals surface area contributed by atoms with Crippen molar-refractivity contribution in [3.8, 4) is 0 Å². The molecule has 2 aromatic heterocycles. The standard InChI is InChI=1S/C14H22N6O/c1-13(2)3-5-14(21,6-4-13)7-16-10-9-11(18-8-17-9)20-12(15)19-10/h8,21H,3-7H2,1-2H3,(H4,15,16,17,18,19,20). The minimum Gasteiger partial charge on any atom is -0.388 e. The molecule has 5 N–H and O–H groups in total. The van der Waals surface area contributed by atoms with Gasteiger partial charge in [0, 0.05) is 6.54 Å². The Labute approximate surface area is 123 Å². The molecular formula is C14H22N6O. The number of nitrogen functional groups attached to an aromatic ring is 1. The molecule has 1 aliphatic rings. The number of nitrogens with one attached hydrogen (secondary N) is 2. The molecule has 0 saturated heterocycles. The maximum Gasteiger partial charge on any atom is 0.224 e. The van der Waals surface area contributed by atoms with Crippen LogP contribution in [0.1, 0.15) is 39.5 Å². The predicted molar refractivity (Wildman–Crippen MR) is 81.8 cm³/mol. The molecule has 0 bridgehead atoms. The van der Waals surface area contributed by atoms with E-state index in [1.807, 2.05) is 0 Å². The number of hydrogen-bond acceptors (Lipinski definition) is 6. The number of anilines is 2. The summed E-state index contributed by atoms with van der Waals surface area (Å²) in [5.41, 5.74) is 6.55. The number of imidazole rings is 1. The van der Waals surface area contributed by atoms with Crippen molar-refractivity contribution in [2.75, 3.05) is 17.6 Å². The second-order valence-corrected chi connectivity index (χ2v) is 6.77. The Hall–Kier alpha value is -1.89. The summed E-state index contributed by atoms with van der Waals surface area (Å²) in [7, 11) is 0. The van der Waals surface area contributed by atoms with Gasteiger partial charge in [0.05, 0.1) is 11.9 Å². The molecule has 7 heteroatoms. The lowest BCUT2D eigenvalue weighted by Crippen LogP contribution is -2.42. The van der Waals surface area contributed by atoms with Crippen molar-refractivity contribution in [1.82, 2.24) is 19.9 Å². The lowest BCUT2D eigenvalue weighted by atomic mass is 9.71. The van der Waals surface area contributed by atoms with Crippen LogP contribution in [-0.4, -0.2) is 37.2 Å². The maximum atomic E-state index is 10.7. The van der Waals surface area contributed by atoms with E-state index >= 15 is 0 Å². The number of H-pyrrole nitrogens is 1. The van der Waals surface area contributed by atoms with Gasteiger partial charge in [-0.05, 0) is 31.1 Å². The van der Waals surface area contributed by atoms with Crippen molar-refractivity contribution in [1.29, 1.82) is 0 Å². The lowest BCUT2D eigenvalue weighted by molar-refractivity contribution is -0.0145. The number of nitrogens with two attached hydrogens (primary N) is 1. The Morgan fingerprint density at radius 2 is 2.00 bits per heavy atom. The number of aromatic nitrogens is 4. The van der Waals surface area contributed by atoms with Crippen LogP contribution in [0.2, 0.25) is 0 Å². The van der Waals surface area contributed by atoms with Gasteiger partial charge < -0.3 is 21.1 Å². The summed E-state index contributed by atoms with van der Waals surface area (Å²) in [6.45, 7) is 4.95. The van der Waals surface area contributed by atoms with Crippen LogP contribution in [0.5, 0.6) is 0 Å². The number of aromatic amines is 1. The largest absolute Gasteiger partial charge is 0.388 e. The number of rotatable bonds is 3. The van der Waals surface area contributed by atoms with E-state index < -0.39 is 5.60 Å². The minimum absolute atomic E-state index is 0.175. The molecule has 2 aromatic rings. The highest BCUT2D eigenvalue weighted by molar-refractivity contribution is 5.83. The van der Waals surface area contributed by atoms with Crippen LogP contribution in [0.4, 0.5) is 11.8 Å². The Bertz CT molecular complexity index is 640. The van der Waals surface area contributed by atoms with E-state index in [1.54, 1.807) is 6.33 Å². The Morgan fingerprint density at radius 3 is 2.71 bits per heavy atom. The highest BCUT2D eigenvalue weighted by Gasteiger charge is 2.36. The highest BCUT2D eigenvalue weighted by atomic mass is 16.3. The lowest BCUT2D eigenvalue weighted by Gasteiger charge is -2.40. The van der Waals surface area contributed by atoms with Gasteiger partial charge >= 0.3 is 0 Å². The van der Waals surface area contributed by atoms with Crippen LogP contribution < -0.4 is 11.1 Å². The smallest absolute Gasteiger partial charge is 0.224 e. The first-order valence-corrected chi connectivity index (χ1v) is 7.30. The van der Waals surface area contributed by atoms with Crippen molar-refractivity contribution < 1.29 is 5.11 Å². The average Bonchev–Trinajstić information content (AvgIpc) is 2.88. The average molecular weight is 290 g/mol. The van der Waals surface area contributed by atoms with Crippen molar-refractivity contribution in [2.24, 2.45) is 5.41 Å². The SMILES string of the molecule is CC1(C)CCC(O)(CNc2nc(N)nc3nc[nH]c23)CC1. The fraction of sp³-hybridized carbons (Fsp3) is 0.643. The zero-order valence-electron chi connectivity index (χ0n) is 12.5. The number of fused-ring (bicyclic) bond motifs is 1. The summed E-state index contributed by atoms with van der Waals surface area (Å²) in [5, 5.41) is 13.9. The first-order chi connectivity index (χ1) is 9.87. The first-order valence-electron chi connectivity index (χ1n) is 7.30. The summed E-state index contributed by atoms with van der Waals surface area (Å²) in [5.74, 6) is 0.766. The van der Waals surface area contributed by atoms with Gasteiger partial charge in [0.2, 0.25) is 5.95 Å². The fourth-order valence-electron chi connectivity index (χ4n) is 2.80. The van der Waals surface area contributed by atoms with Crippen LogP contribution >= 0.6 is 0 Å². The van der Waals surface area contributed by atoms with Gasteiger partial charge in [-0.25, -0.2) is 4.98 Å². The van der Waals surface area contributed by atoms with Crippen molar-refractivity contribution in [3.63, 3.8) is 0 Å². The van der Waals surface area contributed by atoms with Gasteiger partial charge in [0.25, 0.3) is 0 Å². The summed E-state index contributed by atoms with van der Waals surface area (Å²) in [6.07, 6.45) is 5.19. The Kier molecular flexibility index (Phi) is 3.24. The van der Waals surface area contributed by atoms with E-state index in [-0.39, 0.29) is 5.95 Å². The molecule has 0 spiro atoms. The molecule has 0 atom stereocenters. The third-order valence-electron chi connectivity index (χ3n) is 4.42. The van der Waals surface area contributed by atoms with E-state index in [1.165, 1.54) is 0 Å². The molecule has 0 unspecified atom stereocenters. The number of nitrogens with zero attached hydrogens (tertiary/aromatic N) is 3. The van der Waals surface area contributed by atoms with Gasteiger partial charge in [-0.2, -0.15) is 9.97 Å². The fourth-order valence-corrected chi connectivity index (χ4v) is 2.80. The zero-order valence-corrected chi connectivity index (χ0v) is 12.5. The van der Waals surface area contributed by atoms with E-state index in [4.69, 9.17) is 5.73 Å². The molecular weight excluding hydrogens is 268 g/mol. The molecule has 0 aromatic carbocycles. The van der Waals surface area contributed by atoms with Crippen LogP contribution in [-0.2, 0) is 0 Å². The second kappa shape index (κ2) is 4.84. The molecule has 1 aliphatic carbocycles. The number of aliphatic hydroxyl groups is 1. The summed E-state index contributed by atoms with van der Waals surface area (Å²) < 4.78 is 0. The second-order valence-electron chi connectivity index (χ2n) is 6.77. The summed E-state index contributed by atoms with van der Waals surface area (Å²) >= 11 is 0. The molecule has 7 nitrogen and oxygen atoms in total. The van der Waals surface area contributed by atoms with Crippen molar-refractivity contribution in [3.05, 3.63) is 6.33 Å². The molecule has 2 heterocycles. The predicted octanol–water partition coefficient (Wildman–Crippen LogP) is 1.68. The first kappa shape index (κ1) is 14.1. The summed E-state index contributed by atoms with van der Waals surface area (Å²) in [6, 6.07) is 0. The zero-order chi connectivity index (χ0) is 15.1. The van der Waals surface area contributed by atoms with Crippen LogP contribution in [0.15, 0.2) is 6.33 Å². The van der Waals surface area contributed by atoms with Crippen LogP contribution in [0.3, 0.4) is 0 Å². The molecule has 114 valence electrons. The van der Waals surface area contributed by atoms with Gasteiger partial charge in [0.1, 0.15) is 5.52 Å². The molecule has 1 fully saturated rings. The van der Waals surface area contributed by atoms with Crippen molar-refractivity contribution in [2.45, 2.75) is 45.1 Å². The monoisotopic (exact) mass is 290 g/mol. The molecule has 0 radical (unpaired) electrons. The molecule has 1 saturated carbocycles. The van der Waals surface area contributed by atoms with Gasteiger partial charge in [-0.15, -0.1) is 0 Å². The van der Waals surface area contributed by atoms with Crippen LogP contribution in [0.25, 0.3) is 11.2 Å². The van der Waals surface area contributed by atoms with Crippen molar-refractivity contribution >= 4 is 22.9 Å². The van der Waals surface area contributed by atoms with E-state index in [0.29, 0.717) is 28.9 Å². The van der Waals surface area contributed by atoms with Crippen LogP contribution in [0, 0.1) is 5.41 Å². The Balaban J connectivity index is 1.73. The quantitative estimate of drug-likeness (QED) is 0.684. The maximum absolute atomic E-state index is 10.7. The molecule has 0 aliphatic heterocycles. The minimum atomic E-state index is -0.693. The summed E-state index contributed by atoms with van der Waals surface area (Å²) in [4.78, 5) is 15.3. The topological polar surface area (TPSA) is 113 Å². The molecule has 3 rings (SSSR count). The number of hydrogen-bond donors (Lipinski definition) is 4. The van der Waals surface area contributed by atoms with E-state index in [0.717, 1.165) is 25.7 Å². The normalized spacial score (nSPS) is 20.5. The molecule has 21 heavy (non-hydrogen) atoms. The third kappa shape index (κ3) is 2.92. The Morgan fingerprint density at radius 1 is 1.29 bits per heavy atom.